The molecular formula is C29H26FNO4. The standard InChI is InChI=1S/C29H26FNO4/c1-33-26-15-28(11-4-12-28)35-24-14-25-22(13-20(24)26)29(17-34-25)21-5-2-3-6-23(21)31(27(29)32)16-18-7-9-19(30)10-8-18/h2-3,5-10,13-14,26H,4,11-12,15-17H2,1H3. The van der Waals surface area contributed by atoms with Crippen molar-refractivity contribution < 1.29 is 23.4 Å². The highest BCUT2D eigenvalue weighted by atomic mass is 19.1. The fraction of sp³-hybridized carbons (Fsp3) is 0.345. The van der Waals surface area contributed by atoms with Crippen LogP contribution in [0.15, 0.2) is 60.7 Å². The molecule has 178 valence electrons. The van der Waals surface area contributed by atoms with Crippen molar-refractivity contribution in [3.63, 3.8) is 0 Å². The quantitative estimate of drug-likeness (QED) is 0.510. The van der Waals surface area contributed by atoms with Gasteiger partial charge in [-0.25, -0.2) is 4.39 Å². The first-order valence-corrected chi connectivity index (χ1v) is 12.2. The Labute approximate surface area is 203 Å². The van der Waals surface area contributed by atoms with E-state index in [0.717, 1.165) is 53.0 Å². The SMILES string of the molecule is COC1CC2(CCC2)Oc2cc3c(cc21)C1(CO3)C(=O)N(Cc2ccc(F)cc2)c2ccccc21. The summed E-state index contributed by atoms with van der Waals surface area (Å²) >= 11 is 0. The molecule has 35 heavy (non-hydrogen) atoms. The number of para-hydroxylation sites is 1. The van der Waals surface area contributed by atoms with Crippen molar-refractivity contribution in [1.29, 1.82) is 0 Å². The molecule has 6 heteroatoms. The summed E-state index contributed by atoms with van der Waals surface area (Å²) in [5.74, 6) is 1.19. The van der Waals surface area contributed by atoms with E-state index in [4.69, 9.17) is 14.2 Å². The molecule has 3 aliphatic heterocycles. The molecule has 3 heterocycles. The van der Waals surface area contributed by atoms with E-state index in [1.165, 1.54) is 18.6 Å². The van der Waals surface area contributed by atoms with E-state index in [2.05, 4.69) is 6.07 Å². The number of amides is 1. The minimum Gasteiger partial charge on any atom is -0.491 e. The highest BCUT2D eigenvalue weighted by molar-refractivity contribution is 6.11. The zero-order valence-electron chi connectivity index (χ0n) is 19.6. The average Bonchev–Trinajstić information content (AvgIpc) is 3.34. The second-order valence-electron chi connectivity index (χ2n) is 10.2. The largest absolute Gasteiger partial charge is 0.491 e. The lowest BCUT2D eigenvalue weighted by Gasteiger charge is -2.47. The van der Waals surface area contributed by atoms with Crippen molar-refractivity contribution in [1.82, 2.24) is 0 Å². The molecule has 3 aromatic carbocycles. The van der Waals surface area contributed by atoms with Crippen LogP contribution in [0.2, 0.25) is 0 Å². The lowest BCUT2D eigenvalue weighted by atomic mass is 9.72. The van der Waals surface area contributed by atoms with Gasteiger partial charge in [-0.3, -0.25) is 4.79 Å². The predicted octanol–water partition coefficient (Wildman–Crippen LogP) is 5.44. The molecule has 2 atom stereocenters. The normalized spacial score (nSPS) is 25.0. The van der Waals surface area contributed by atoms with Crippen LogP contribution >= 0.6 is 0 Å². The lowest BCUT2D eigenvalue weighted by Crippen LogP contribution is -2.47. The number of nitrogens with zero attached hydrogens (tertiary/aromatic N) is 1. The molecule has 7 rings (SSSR count). The number of carbonyl (C=O) groups is 1. The van der Waals surface area contributed by atoms with Gasteiger partial charge in [-0.15, -0.1) is 0 Å². The first-order valence-electron chi connectivity index (χ1n) is 12.2. The average molecular weight is 472 g/mol. The molecule has 0 bridgehead atoms. The Bertz CT molecular complexity index is 1350. The van der Waals surface area contributed by atoms with Crippen LogP contribution < -0.4 is 14.4 Å². The van der Waals surface area contributed by atoms with Crippen molar-refractivity contribution in [2.75, 3.05) is 18.6 Å². The van der Waals surface area contributed by atoms with Crippen LogP contribution in [-0.2, 0) is 21.5 Å². The third-order valence-electron chi connectivity index (χ3n) is 8.31. The third-order valence-corrected chi connectivity index (χ3v) is 8.31. The molecule has 0 saturated heterocycles. The second-order valence-corrected chi connectivity index (χ2v) is 10.2. The summed E-state index contributed by atoms with van der Waals surface area (Å²) in [5.41, 5.74) is 3.46. The van der Waals surface area contributed by atoms with Gasteiger partial charge >= 0.3 is 0 Å². The van der Waals surface area contributed by atoms with Gasteiger partial charge in [0.05, 0.1) is 12.6 Å². The van der Waals surface area contributed by atoms with Crippen LogP contribution in [0, 0.1) is 5.82 Å². The molecule has 4 aliphatic rings. The number of benzene rings is 3. The lowest BCUT2D eigenvalue weighted by molar-refractivity contribution is -0.122. The summed E-state index contributed by atoms with van der Waals surface area (Å²) in [5, 5.41) is 0. The molecule has 0 N–H and O–H groups in total. The molecule has 1 saturated carbocycles. The van der Waals surface area contributed by atoms with E-state index in [9.17, 15) is 9.18 Å². The number of anilines is 1. The van der Waals surface area contributed by atoms with Gasteiger partial charge < -0.3 is 19.1 Å². The van der Waals surface area contributed by atoms with E-state index < -0.39 is 5.41 Å². The van der Waals surface area contributed by atoms with Gasteiger partial charge in [0.2, 0.25) is 5.91 Å². The van der Waals surface area contributed by atoms with Gasteiger partial charge in [-0.05, 0) is 54.7 Å². The number of rotatable bonds is 3. The maximum Gasteiger partial charge on any atom is 0.246 e. The van der Waals surface area contributed by atoms with Crippen LogP contribution in [0.1, 0.15) is 54.0 Å². The number of carbonyl (C=O) groups excluding carboxylic acids is 1. The fourth-order valence-corrected chi connectivity index (χ4v) is 6.30. The van der Waals surface area contributed by atoms with Gasteiger partial charge in [0, 0.05) is 36.4 Å². The molecule has 1 fully saturated rings. The predicted molar refractivity (Wildman–Crippen MR) is 128 cm³/mol. The van der Waals surface area contributed by atoms with E-state index in [1.54, 1.807) is 24.1 Å². The summed E-state index contributed by atoms with van der Waals surface area (Å²) in [4.78, 5) is 16.0. The van der Waals surface area contributed by atoms with Crippen LogP contribution in [0.4, 0.5) is 10.1 Å². The number of methoxy groups -OCH3 is 1. The van der Waals surface area contributed by atoms with Crippen LogP contribution in [-0.4, -0.2) is 25.2 Å². The van der Waals surface area contributed by atoms with Crippen LogP contribution in [0.5, 0.6) is 11.5 Å². The molecule has 0 radical (unpaired) electrons. The second kappa shape index (κ2) is 7.31. The highest BCUT2D eigenvalue weighted by Crippen LogP contribution is 2.57. The number of hydrogen-bond acceptors (Lipinski definition) is 4. The smallest absolute Gasteiger partial charge is 0.246 e. The zero-order valence-corrected chi connectivity index (χ0v) is 19.6. The maximum absolute atomic E-state index is 14.2. The first-order chi connectivity index (χ1) is 17.0. The molecule has 2 spiro atoms. The topological polar surface area (TPSA) is 48.0 Å². The van der Waals surface area contributed by atoms with E-state index in [1.807, 2.05) is 30.3 Å². The molecule has 5 nitrogen and oxygen atoms in total. The van der Waals surface area contributed by atoms with Crippen LogP contribution in [0.3, 0.4) is 0 Å². The molecule has 3 aromatic rings. The Morgan fingerprint density at radius 1 is 1.06 bits per heavy atom. The zero-order chi connectivity index (χ0) is 23.8. The minimum absolute atomic E-state index is 0.0251. The maximum atomic E-state index is 14.2. The summed E-state index contributed by atoms with van der Waals surface area (Å²) in [7, 11) is 1.74. The Hall–Kier alpha value is -3.38. The Kier molecular flexibility index (Phi) is 4.38. The molecule has 2 unspecified atom stereocenters. The van der Waals surface area contributed by atoms with Crippen molar-refractivity contribution in [2.24, 2.45) is 0 Å². The molecule has 1 aliphatic carbocycles. The fourth-order valence-electron chi connectivity index (χ4n) is 6.30. The minimum atomic E-state index is -0.926. The van der Waals surface area contributed by atoms with Crippen molar-refractivity contribution in [3.05, 3.63) is 88.7 Å². The molecule has 0 aromatic heterocycles. The van der Waals surface area contributed by atoms with E-state index >= 15 is 0 Å². The third kappa shape index (κ3) is 2.86. The highest BCUT2D eigenvalue weighted by Gasteiger charge is 2.57. The van der Waals surface area contributed by atoms with Gasteiger partial charge in [-0.2, -0.15) is 0 Å². The Morgan fingerprint density at radius 2 is 1.86 bits per heavy atom. The van der Waals surface area contributed by atoms with Crippen LogP contribution in [0.25, 0.3) is 0 Å². The van der Waals surface area contributed by atoms with Crippen molar-refractivity contribution >= 4 is 11.6 Å². The number of hydrogen-bond donors (Lipinski definition) is 0. The van der Waals surface area contributed by atoms with Crippen molar-refractivity contribution in [3.8, 4) is 11.5 Å². The summed E-state index contributed by atoms with van der Waals surface area (Å²) in [6.45, 7) is 0.605. The Balaban J connectivity index is 1.34. The summed E-state index contributed by atoms with van der Waals surface area (Å²) in [6, 6.07) is 18.2. The van der Waals surface area contributed by atoms with Crippen molar-refractivity contribution in [2.45, 2.75) is 49.3 Å². The number of fused-ring (bicyclic) bond motifs is 5. The number of ether oxygens (including phenoxy) is 3. The van der Waals surface area contributed by atoms with E-state index in [0.29, 0.717) is 12.3 Å². The monoisotopic (exact) mass is 471 g/mol. The first kappa shape index (κ1) is 20.9. The van der Waals surface area contributed by atoms with E-state index in [-0.39, 0.29) is 30.0 Å². The number of halogens is 1. The summed E-state index contributed by atoms with van der Waals surface area (Å²) in [6.07, 6.45) is 4.00. The van der Waals surface area contributed by atoms with Gasteiger partial charge in [0.15, 0.2) is 0 Å². The molecule has 1 amide bonds. The van der Waals surface area contributed by atoms with Gasteiger partial charge in [0.25, 0.3) is 0 Å². The Morgan fingerprint density at radius 3 is 2.60 bits per heavy atom. The summed E-state index contributed by atoms with van der Waals surface area (Å²) < 4.78 is 32.1. The molecular weight excluding hydrogens is 445 g/mol. The van der Waals surface area contributed by atoms with Gasteiger partial charge in [0.1, 0.15) is 34.9 Å². The van der Waals surface area contributed by atoms with Gasteiger partial charge in [-0.1, -0.05) is 30.3 Å².